The molecule has 6 heteroatoms. The third kappa shape index (κ3) is 2.91. The molecule has 25 heavy (non-hydrogen) atoms. The van der Waals surface area contributed by atoms with Crippen LogP contribution in [0.2, 0.25) is 0 Å². The number of carbonyl (C=O) groups is 1. The zero-order valence-corrected chi connectivity index (χ0v) is 14.1. The van der Waals surface area contributed by atoms with Crippen LogP contribution >= 0.6 is 0 Å². The maximum absolute atomic E-state index is 13.1. The maximum Gasteiger partial charge on any atom is 0.225 e. The molecule has 1 aromatic heterocycles. The highest BCUT2D eigenvalue weighted by atomic mass is 19.1. The van der Waals surface area contributed by atoms with Crippen LogP contribution in [0.25, 0.3) is 11.4 Å². The van der Waals surface area contributed by atoms with Gasteiger partial charge in [-0.05, 0) is 37.1 Å². The van der Waals surface area contributed by atoms with Gasteiger partial charge in [0.1, 0.15) is 5.82 Å². The van der Waals surface area contributed by atoms with Gasteiger partial charge in [0.25, 0.3) is 0 Å². The second-order valence-electron chi connectivity index (χ2n) is 6.60. The first-order valence-electron chi connectivity index (χ1n) is 8.59. The first kappa shape index (κ1) is 16.1. The molecule has 0 spiro atoms. The molecule has 0 N–H and O–H groups in total. The van der Waals surface area contributed by atoms with E-state index in [0.717, 1.165) is 36.1 Å². The van der Waals surface area contributed by atoms with Gasteiger partial charge < -0.3 is 9.64 Å². The van der Waals surface area contributed by atoms with Gasteiger partial charge in [-0.25, -0.2) is 14.4 Å². The van der Waals surface area contributed by atoms with Crippen LogP contribution < -0.4 is 0 Å². The van der Waals surface area contributed by atoms with Crippen molar-refractivity contribution in [3.63, 3.8) is 0 Å². The summed E-state index contributed by atoms with van der Waals surface area (Å²) >= 11 is 0. The Morgan fingerprint density at radius 3 is 2.88 bits per heavy atom. The third-order valence-corrected chi connectivity index (χ3v) is 5.10. The summed E-state index contributed by atoms with van der Waals surface area (Å²) in [6.45, 7) is 0.446. The highest BCUT2D eigenvalue weighted by Gasteiger charge is 2.43. The number of ether oxygens (including phenoxy) is 1. The van der Waals surface area contributed by atoms with Crippen molar-refractivity contribution in [3.8, 4) is 11.4 Å². The van der Waals surface area contributed by atoms with E-state index < -0.39 is 0 Å². The van der Waals surface area contributed by atoms with Crippen LogP contribution in [0.15, 0.2) is 30.5 Å². The fourth-order valence-corrected chi connectivity index (χ4v) is 3.91. The number of nitrogens with zero attached hydrogens (tertiary/aromatic N) is 3. The Labute approximate surface area is 145 Å². The Morgan fingerprint density at radius 1 is 1.32 bits per heavy atom. The van der Waals surface area contributed by atoms with Crippen LogP contribution in [0.4, 0.5) is 4.39 Å². The van der Waals surface area contributed by atoms with Gasteiger partial charge in [-0.15, -0.1) is 0 Å². The number of halogens is 1. The lowest BCUT2D eigenvalue weighted by molar-refractivity contribution is -0.135. The van der Waals surface area contributed by atoms with Crippen LogP contribution in [0, 0.1) is 5.82 Å². The fraction of sp³-hybridized carbons (Fsp3) is 0.421. The lowest BCUT2D eigenvalue weighted by atomic mass is 9.98. The molecule has 1 aromatic carbocycles. The van der Waals surface area contributed by atoms with Crippen LogP contribution in [0.5, 0.6) is 0 Å². The largest absolute Gasteiger partial charge is 0.384 e. The predicted octanol–water partition coefficient (Wildman–Crippen LogP) is 2.91. The summed E-state index contributed by atoms with van der Waals surface area (Å²) in [4.78, 5) is 23.7. The number of fused-ring (bicyclic) bond motifs is 4. The minimum absolute atomic E-state index is 0.0698. The molecule has 2 atom stereocenters. The molecular formula is C19H20FN3O2. The highest BCUT2D eigenvalue weighted by molar-refractivity contribution is 5.78. The van der Waals surface area contributed by atoms with E-state index in [0.29, 0.717) is 18.9 Å². The molecule has 2 bridgehead atoms. The van der Waals surface area contributed by atoms with E-state index in [1.165, 1.54) is 12.1 Å². The molecule has 0 unspecified atom stereocenters. The molecule has 1 fully saturated rings. The van der Waals surface area contributed by atoms with E-state index >= 15 is 0 Å². The Morgan fingerprint density at radius 2 is 2.12 bits per heavy atom. The van der Waals surface area contributed by atoms with Crippen molar-refractivity contribution in [1.29, 1.82) is 0 Å². The van der Waals surface area contributed by atoms with Crippen LogP contribution in [0.3, 0.4) is 0 Å². The molecule has 1 amide bonds. The Kier molecular flexibility index (Phi) is 4.21. The number of hydrogen-bond donors (Lipinski definition) is 0. The maximum atomic E-state index is 13.1. The molecule has 2 aliphatic heterocycles. The smallest absolute Gasteiger partial charge is 0.225 e. The van der Waals surface area contributed by atoms with Crippen molar-refractivity contribution in [2.24, 2.45) is 0 Å². The molecule has 0 radical (unpaired) electrons. The quantitative estimate of drug-likeness (QED) is 0.858. The molecule has 3 heterocycles. The summed E-state index contributed by atoms with van der Waals surface area (Å²) in [5, 5.41) is 0. The van der Waals surface area contributed by atoms with Gasteiger partial charge in [0.2, 0.25) is 5.91 Å². The van der Waals surface area contributed by atoms with E-state index in [4.69, 9.17) is 9.72 Å². The van der Waals surface area contributed by atoms with Crippen molar-refractivity contribution < 1.29 is 13.9 Å². The van der Waals surface area contributed by atoms with Crippen molar-refractivity contribution in [3.05, 3.63) is 47.5 Å². The molecule has 130 valence electrons. The number of benzene rings is 1. The van der Waals surface area contributed by atoms with Gasteiger partial charge in [0, 0.05) is 36.9 Å². The Bertz CT molecular complexity index is 794. The second-order valence-corrected chi connectivity index (χ2v) is 6.60. The number of amides is 1. The average Bonchev–Trinajstić information content (AvgIpc) is 2.95. The summed E-state index contributed by atoms with van der Waals surface area (Å²) in [5.41, 5.74) is 2.86. The zero-order chi connectivity index (χ0) is 17.4. The van der Waals surface area contributed by atoms with E-state index in [2.05, 4.69) is 4.98 Å². The monoisotopic (exact) mass is 341 g/mol. The van der Waals surface area contributed by atoms with Crippen molar-refractivity contribution in [2.75, 3.05) is 13.7 Å². The van der Waals surface area contributed by atoms with Gasteiger partial charge >= 0.3 is 0 Å². The molecule has 0 aliphatic carbocycles. The third-order valence-electron chi connectivity index (χ3n) is 5.10. The second kappa shape index (κ2) is 6.52. The summed E-state index contributed by atoms with van der Waals surface area (Å²) in [6, 6.07) is 6.48. The minimum atomic E-state index is -0.273. The van der Waals surface area contributed by atoms with Crippen molar-refractivity contribution >= 4 is 5.91 Å². The highest BCUT2D eigenvalue weighted by Crippen LogP contribution is 2.43. The predicted molar refractivity (Wildman–Crippen MR) is 90.2 cm³/mol. The first-order valence-corrected chi connectivity index (χ1v) is 8.59. The summed E-state index contributed by atoms with van der Waals surface area (Å²) < 4.78 is 18.1. The number of aromatic nitrogens is 2. The first-order chi connectivity index (χ1) is 12.2. The van der Waals surface area contributed by atoms with Gasteiger partial charge in [-0.3, -0.25) is 4.79 Å². The molecule has 2 aromatic rings. The molecule has 2 aliphatic rings. The van der Waals surface area contributed by atoms with E-state index in [-0.39, 0.29) is 23.8 Å². The number of carbonyl (C=O) groups excluding carboxylic acids is 1. The number of hydrogen-bond acceptors (Lipinski definition) is 4. The average molecular weight is 341 g/mol. The van der Waals surface area contributed by atoms with Gasteiger partial charge in [-0.2, -0.15) is 0 Å². The summed E-state index contributed by atoms with van der Waals surface area (Å²) in [5.74, 6) is 0.477. The summed E-state index contributed by atoms with van der Waals surface area (Å²) in [7, 11) is 1.61. The fourth-order valence-electron chi connectivity index (χ4n) is 3.91. The van der Waals surface area contributed by atoms with Crippen LogP contribution in [0.1, 0.15) is 36.6 Å². The SMILES string of the molecule is COCCC(=O)N1[C@H]2CC[C@@H]1c1cnc(-c3ccc(F)cc3)nc1C2. The zero-order valence-electron chi connectivity index (χ0n) is 14.1. The molecule has 1 saturated heterocycles. The van der Waals surface area contributed by atoms with Gasteiger partial charge in [-0.1, -0.05) is 0 Å². The summed E-state index contributed by atoms with van der Waals surface area (Å²) in [6.07, 6.45) is 4.94. The van der Waals surface area contributed by atoms with Crippen LogP contribution in [-0.2, 0) is 16.0 Å². The normalized spacial score (nSPS) is 21.3. The van der Waals surface area contributed by atoms with Crippen molar-refractivity contribution in [1.82, 2.24) is 14.9 Å². The number of rotatable bonds is 4. The van der Waals surface area contributed by atoms with E-state index in [1.54, 1.807) is 19.2 Å². The van der Waals surface area contributed by atoms with E-state index in [9.17, 15) is 9.18 Å². The van der Waals surface area contributed by atoms with Crippen LogP contribution in [-0.4, -0.2) is 40.5 Å². The molecule has 0 saturated carbocycles. The van der Waals surface area contributed by atoms with Crippen molar-refractivity contribution in [2.45, 2.75) is 37.8 Å². The molecule has 5 nitrogen and oxygen atoms in total. The molecule has 4 rings (SSSR count). The topological polar surface area (TPSA) is 55.3 Å². The standard InChI is InChI=1S/C19H20FN3O2/c1-25-9-8-18(24)23-14-6-7-17(23)15-11-21-19(22-16(15)10-14)12-2-4-13(20)5-3-12/h2-5,11,14,17H,6-10H2,1H3/t14-,17+/m0/s1. The van der Waals surface area contributed by atoms with E-state index in [1.807, 2.05) is 11.1 Å². The van der Waals surface area contributed by atoms with Gasteiger partial charge in [0.15, 0.2) is 5.82 Å². The molecular weight excluding hydrogens is 321 g/mol. The minimum Gasteiger partial charge on any atom is -0.384 e. The Hall–Kier alpha value is -2.34. The lowest BCUT2D eigenvalue weighted by Gasteiger charge is -2.35. The Balaban J connectivity index is 1.62. The van der Waals surface area contributed by atoms with Gasteiger partial charge in [0.05, 0.1) is 24.8 Å². The lowest BCUT2D eigenvalue weighted by Crippen LogP contribution is -2.42. The number of methoxy groups -OCH3 is 1.